The molecule has 0 spiro atoms. The van der Waals surface area contributed by atoms with Gasteiger partial charge in [0, 0.05) is 18.3 Å². The molecule has 0 saturated carbocycles. The van der Waals surface area contributed by atoms with Crippen molar-refractivity contribution >= 4 is 23.6 Å². The minimum Gasteiger partial charge on any atom is -0.481 e. The summed E-state index contributed by atoms with van der Waals surface area (Å²) in [5.41, 5.74) is 1.02. The maximum absolute atomic E-state index is 12.8. The van der Waals surface area contributed by atoms with E-state index in [9.17, 15) is 19.2 Å². The van der Waals surface area contributed by atoms with Crippen molar-refractivity contribution in [1.82, 2.24) is 10.6 Å². The Morgan fingerprint density at radius 2 is 1.52 bits per heavy atom. The zero-order valence-electron chi connectivity index (χ0n) is 18.4. The molecule has 4 atom stereocenters. The number of hydrogen-bond donors (Lipinski definition) is 3. The number of aliphatic carboxylic acids is 1. The van der Waals surface area contributed by atoms with Gasteiger partial charge in [0.15, 0.2) is 5.78 Å². The van der Waals surface area contributed by atoms with Gasteiger partial charge in [0.1, 0.15) is 6.04 Å². The Bertz CT molecular complexity index is 816. The summed E-state index contributed by atoms with van der Waals surface area (Å²) < 4.78 is 0. The molecule has 8 nitrogen and oxygen atoms in total. The highest BCUT2D eigenvalue weighted by Gasteiger charge is 2.29. The Kier molecular flexibility index (Phi) is 10.4. The first-order valence-corrected chi connectivity index (χ1v) is 10.3. The summed E-state index contributed by atoms with van der Waals surface area (Å²) in [5.74, 6) is -3.57. The number of ketones is 1. The SMILES string of the molecule is CC(C)[C@H](NC(=O)[C@@H](C)Cc1ccccc1)C(=O)C[C@@H](C)C(=O)N[C@H](C#N)CC(=O)O. The first kappa shape index (κ1) is 25.8. The summed E-state index contributed by atoms with van der Waals surface area (Å²) in [6.45, 7) is 6.95. The van der Waals surface area contributed by atoms with E-state index in [1.807, 2.05) is 44.2 Å². The van der Waals surface area contributed by atoms with Gasteiger partial charge in [0.05, 0.1) is 18.5 Å². The quantitative estimate of drug-likeness (QED) is 0.465. The van der Waals surface area contributed by atoms with Crippen LogP contribution in [0.2, 0.25) is 0 Å². The van der Waals surface area contributed by atoms with Crippen molar-refractivity contribution in [1.29, 1.82) is 5.26 Å². The van der Waals surface area contributed by atoms with E-state index in [0.29, 0.717) is 6.42 Å². The summed E-state index contributed by atoms with van der Waals surface area (Å²) >= 11 is 0. The lowest BCUT2D eigenvalue weighted by molar-refractivity contribution is -0.137. The summed E-state index contributed by atoms with van der Waals surface area (Å²) in [4.78, 5) is 48.4. The summed E-state index contributed by atoms with van der Waals surface area (Å²) in [6.07, 6.45) is -0.107. The van der Waals surface area contributed by atoms with E-state index < -0.39 is 36.3 Å². The van der Waals surface area contributed by atoms with Crippen molar-refractivity contribution in [3.05, 3.63) is 35.9 Å². The first-order valence-electron chi connectivity index (χ1n) is 10.3. The molecule has 0 radical (unpaired) electrons. The first-order chi connectivity index (χ1) is 14.5. The fourth-order valence-electron chi connectivity index (χ4n) is 3.11. The van der Waals surface area contributed by atoms with Crippen LogP contribution in [0.4, 0.5) is 0 Å². The van der Waals surface area contributed by atoms with Crippen molar-refractivity contribution in [2.75, 3.05) is 0 Å². The zero-order valence-corrected chi connectivity index (χ0v) is 18.4. The smallest absolute Gasteiger partial charge is 0.306 e. The molecule has 1 rings (SSSR count). The van der Waals surface area contributed by atoms with E-state index in [1.54, 1.807) is 13.0 Å². The minimum atomic E-state index is -1.21. The molecule has 0 aliphatic carbocycles. The number of hydrogen-bond acceptors (Lipinski definition) is 5. The number of carboxylic acids is 1. The number of carbonyl (C=O) groups excluding carboxylic acids is 3. The number of Topliss-reactive ketones (excluding diaryl/α,β-unsaturated/α-hetero) is 1. The Balaban J connectivity index is 2.69. The summed E-state index contributed by atoms with van der Waals surface area (Å²) in [6, 6.07) is 9.39. The van der Waals surface area contributed by atoms with Crippen LogP contribution >= 0.6 is 0 Å². The highest BCUT2D eigenvalue weighted by molar-refractivity contribution is 5.93. The molecule has 0 aliphatic rings. The summed E-state index contributed by atoms with van der Waals surface area (Å²) in [7, 11) is 0. The van der Waals surface area contributed by atoms with Crippen LogP contribution in [0.1, 0.15) is 46.1 Å². The standard InChI is InChI=1S/C23H31N3O5/c1-14(2)21(26-23(31)15(3)10-17-8-6-5-7-9-17)19(27)11-16(4)22(30)25-18(13-24)12-20(28)29/h5-9,14-16,18,21H,10-12H2,1-4H3,(H,25,30)(H,26,31)(H,28,29)/t15-,16+,18-,21-/m0/s1. The molecule has 1 aromatic rings. The van der Waals surface area contributed by atoms with Crippen LogP contribution in [0, 0.1) is 29.1 Å². The molecule has 0 bridgehead atoms. The molecule has 2 amide bonds. The van der Waals surface area contributed by atoms with E-state index in [0.717, 1.165) is 5.56 Å². The number of carbonyl (C=O) groups is 4. The molecular formula is C23H31N3O5. The monoisotopic (exact) mass is 429 g/mol. The van der Waals surface area contributed by atoms with Gasteiger partial charge in [0.25, 0.3) is 0 Å². The van der Waals surface area contributed by atoms with Gasteiger partial charge in [0.2, 0.25) is 11.8 Å². The fraction of sp³-hybridized carbons (Fsp3) is 0.522. The molecule has 0 aliphatic heterocycles. The van der Waals surface area contributed by atoms with Crippen molar-refractivity contribution in [2.24, 2.45) is 17.8 Å². The van der Waals surface area contributed by atoms with E-state index in [-0.39, 0.29) is 29.9 Å². The number of nitriles is 1. The predicted molar refractivity (Wildman–Crippen MR) is 115 cm³/mol. The Morgan fingerprint density at radius 1 is 0.935 bits per heavy atom. The number of nitrogens with one attached hydrogen (secondary N) is 2. The van der Waals surface area contributed by atoms with Crippen molar-refractivity contribution in [3.8, 4) is 6.07 Å². The van der Waals surface area contributed by atoms with Crippen LogP contribution < -0.4 is 10.6 Å². The highest BCUT2D eigenvalue weighted by atomic mass is 16.4. The van der Waals surface area contributed by atoms with Gasteiger partial charge >= 0.3 is 5.97 Å². The minimum absolute atomic E-state index is 0.132. The molecule has 31 heavy (non-hydrogen) atoms. The molecule has 3 N–H and O–H groups in total. The average molecular weight is 430 g/mol. The number of rotatable bonds is 12. The van der Waals surface area contributed by atoms with E-state index >= 15 is 0 Å². The predicted octanol–water partition coefficient (Wildman–Crippen LogP) is 2.08. The van der Waals surface area contributed by atoms with Gasteiger partial charge in [-0.2, -0.15) is 5.26 Å². The van der Waals surface area contributed by atoms with Gasteiger partial charge in [-0.05, 0) is 17.9 Å². The Morgan fingerprint density at radius 3 is 2.03 bits per heavy atom. The summed E-state index contributed by atoms with van der Waals surface area (Å²) in [5, 5.41) is 22.9. The third-order valence-electron chi connectivity index (χ3n) is 4.95. The maximum Gasteiger partial charge on any atom is 0.306 e. The zero-order chi connectivity index (χ0) is 23.6. The van der Waals surface area contributed by atoms with Crippen LogP contribution in [0.15, 0.2) is 30.3 Å². The Hall–Kier alpha value is -3.21. The third-order valence-corrected chi connectivity index (χ3v) is 4.95. The molecule has 168 valence electrons. The van der Waals surface area contributed by atoms with Crippen LogP contribution in [0.25, 0.3) is 0 Å². The molecule has 0 fully saturated rings. The molecular weight excluding hydrogens is 398 g/mol. The molecule has 8 heteroatoms. The van der Waals surface area contributed by atoms with Crippen molar-refractivity contribution in [2.45, 2.75) is 59.0 Å². The average Bonchev–Trinajstić information content (AvgIpc) is 2.70. The van der Waals surface area contributed by atoms with Gasteiger partial charge in [-0.25, -0.2) is 0 Å². The second kappa shape index (κ2) is 12.5. The molecule has 1 aromatic carbocycles. The Labute approximate surface area is 183 Å². The van der Waals surface area contributed by atoms with Gasteiger partial charge in [-0.3, -0.25) is 19.2 Å². The molecule has 0 aromatic heterocycles. The van der Waals surface area contributed by atoms with Crippen molar-refractivity contribution in [3.63, 3.8) is 0 Å². The second-order valence-electron chi connectivity index (χ2n) is 8.18. The van der Waals surface area contributed by atoms with Gasteiger partial charge in [-0.1, -0.05) is 58.0 Å². The molecule has 0 unspecified atom stereocenters. The third kappa shape index (κ3) is 8.99. The normalized spacial score (nSPS) is 14.6. The van der Waals surface area contributed by atoms with Crippen LogP contribution in [-0.4, -0.2) is 40.8 Å². The fourth-order valence-corrected chi connectivity index (χ4v) is 3.11. The van der Waals surface area contributed by atoms with E-state index in [1.165, 1.54) is 6.92 Å². The van der Waals surface area contributed by atoms with Crippen LogP contribution in [0.5, 0.6) is 0 Å². The lowest BCUT2D eigenvalue weighted by Gasteiger charge is -2.24. The lowest BCUT2D eigenvalue weighted by Crippen LogP contribution is -2.48. The lowest BCUT2D eigenvalue weighted by atomic mass is 9.91. The molecule has 0 saturated heterocycles. The van der Waals surface area contributed by atoms with E-state index in [2.05, 4.69) is 10.6 Å². The van der Waals surface area contributed by atoms with Crippen LogP contribution in [-0.2, 0) is 25.6 Å². The maximum atomic E-state index is 12.8. The number of nitrogens with zero attached hydrogens (tertiary/aromatic N) is 1. The number of benzene rings is 1. The number of carboxylic acid groups (broad SMARTS) is 1. The van der Waals surface area contributed by atoms with Gasteiger partial charge < -0.3 is 15.7 Å². The number of amides is 2. The van der Waals surface area contributed by atoms with Gasteiger partial charge in [-0.15, -0.1) is 0 Å². The topological polar surface area (TPSA) is 136 Å². The largest absolute Gasteiger partial charge is 0.481 e. The highest BCUT2D eigenvalue weighted by Crippen LogP contribution is 2.14. The van der Waals surface area contributed by atoms with Crippen LogP contribution in [0.3, 0.4) is 0 Å². The second-order valence-corrected chi connectivity index (χ2v) is 8.18. The molecule has 0 heterocycles. The van der Waals surface area contributed by atoms with E-state index in [4.69, 9.17) is 10.4 Å². The van der Waals surface area contributed by atoms with Crippen molar-refractivity contribution < 1.29 is 24.3 Å².